The Bertz CT molecular complexity index is 520. The molecule has 0 amide bonds. The maximum Gasteiger partial charge on any atom is 0.0629 e. The molecular weight excluding hydrogens is 144 g/mol. The van der Waals surface area contributed by atoms with Gasteiger partial charge < -0.3 is 0 Å². The van der Waals surface area contributed by atoms with E-state index >= 15 is 0 Å². The van der Waals surface area contributed by atoms with Gasteiger partial charge in [-0.05, 0) is 11.1 Å². The summed E-state index contributed by atoms with van der Waals surface area (Å²) in [6, 6.07) is 10.3. The molecule has 0 spiro atoms. The molecule has 0 N–H and O–H groups in total. The van der Waals surface area contributed by atoms with Gasteiger partial charge in [0, 0.05) is 0 Å². The molecule has 58 valence electrons. The molecule has 0 aliphatic rings. The van der Waals surface area contributed by atoms with Crippen molar-refractivity contribution in [1.29, 1.82) is 0 Å². The molecule has 0 bridgehead atoms. The molecule has 0 unspecified atom stereocenters. The average molecular weight is 158 g/mol. The summed E-state index contributed by atoms with van der Waals surface area (Å²) in [5, 5.41) is 0. The molecule has 2 rings (SSSR count). The van der Waals surface area contributed by atoms with Gasteiger partial charge in [0.15, 0.2) is 0 Å². The Balaban J connectivity index is 2.68. The van der Waals surface area contributed by atoms with Gasteiger partial charge in [-0.25, -0.2) is 0 Å². The predicted molar refractivity (Wildman–Crippen MR) is 51.9 cm³/mol. The normalized spacial score (nSPS) is 14.3. The molecule has 12 heavy (non-hydrogen) atoms. The first kappa shape index (κ1) is 3.90. The molecule has 0 heterocycles. The fourth-order valence-corrected chi connectivity index (χ4v) is 1.05. The Morgan fingerprint density at radius 2 is 1.58 bits per heavy atom. The molecule has 0 atom stereocenters. The smallest absolute Gasteiger partial charge is 0.0622 e. The molecule has 2 aromatic rings. The summed E-state index contributed by atoms with van der Waals surface area (Å²) in [6.45, 7) is 0. The standard InChI is InChI=1S/C12H10/c1-3-7-11(8-4-1)12-9-5-2-6-10-12/h1-10H/i1D,3D,4D,7D. The minimum atomic E-state index is -0.190. The van der Waals surface area contributed by atoms with E-state index in [0.29, 0.717) is 5.56 Å². The monoisotopic (exact) mass is 158 g/mol. The zero-order chi connectivity index (χ0) is 11.7. The molecule has 0 aliphatic heterocycles. The van der Waals surface area contributed by atoms with E-state index in [1.54, 1.807) is 0 Å². The van der Waals surface area contributed by atoms with Crippen LogP contribution in [0.25, 0.3) is 11.1 Å². The predicted octanol–water partition coefficient (Wildman–Crippen LogP) is 3.35. The highest BCUT2D eigenvalue weighted by molar-refractivity contribution is 5.62. The van der Waals surface area contributed by atoms with Crippen molar-refractivity contribution in [2.24, 2.45) is 0 Å². The molecule has 0 aromatic heterocycles. The molecular formula is C12H10. The molecule has 2 aromatic carbocycles. The Morgan fingerprint density at radius 1 is 0.750 bits per heavy atom. The van der Waals surface area contributed by atoms with E-state index in [0.717, 1.165) is 5.56 Å². The van der Waals surface area contributed by atoms with E-state index in [9.17, 15) is 0 Å². The van der Waals surface area contributed by atoms with Crippen LogP contribution in [0.4, 0.5) is 0 Å². The fraction of sp³-hybridized carbons (Fsp3) is 0. The lowest BCUT2D eigenvalue weighted by Crippen LogP contribution is -1.73. The highest BCUT2D eigenvalue weighted by Crippen LogP contribution is 2.17. The van der Waals surface area contributed by atoms with Gasteiger partial charge in [-0.2, -0.15) is 0 Å². The molecule has 0 aliphatic carbocycles. The van der Waals surface area contributed by atoms with E-state index in [2.05, 4.69) is 0 Å². The lowest BCUT2D eigenvalue weighted by atomic mass is 10.1. The zero-order valence-corrected chi connectivity index (χ0v) is 6.46. The van der Waals surface area contributed by atoms with Crippen LogP contribution >= 0.6 is 0 Å². The topological polar surface area (TPSA) is 0 Å². The lowest BCUT2D eigenvalue weighted by Gasteiger charge is -1.98. The minimum Gasteiger partial charge on any atom is -0.0622 e. The van der Waals surface area contributed by atoms with Crippen molar-refractivity contribution < 1.29 is 5.48 Å². The van der Waals surface area contributed by atoms with E-state index in [1.165, 1.54) is 6.07 Å². The summed E-state index contributed by atoms with van der Waals surface area (Å²) < 4.78 is 30.4. The van der Waals surface area contributed by atoms with Crippen LogP contribution in [0.5, 0.6) is 0 Å². The van der Waals surface area contributed by atoms with Crippen LogP contribution in [0.1, 0.15) is 5.48 Å². The molecule has 0 fully saturated rings. The van der Waals surface area contributed by atoms with Crippen LogP contribution in [0.2, 0.25) is 0 Å². The van der Waals surface area contributed by atoms with Crippen molar-refractivity contribution in [3.63, 3.8) is 0 Å². The number of hydrogen-bond acceptors (Lipinski definition) is 0. The fourth-order valence-electron chi connectivity index (χ4n) is 1.05. The van der Waals surface area contributed by atoms with Crippen LogP contribution < -0.4 is 0 Å². The molecule has 0 nitrogen and oxygen atoms in total. The second kappa shape index (κ2) is 3.22. The van der Waals surface area contributed by atoms with Gasteiger partial charge in [0.1, 0.15) is 0 Å². The van der Waals surface area contributed by atoms with Gasteiger partial charge in [0.05, 0.1) is 5.48 Å². The minimum absolute atomic E-state index is 0.00667. The third kappa shape index (κ3) is 1.37. The second-order valence-corrected chi connectivity index (χ2v) is 2.44. The van der Waals surface area contributed by atoms with Gasteiger partial charge in [0.25, 0.3) is 0 Å². The second-order valence-electron chi connectivity index (χ2n) is 2.44. The van der Waals surface area contributed by atoms with E-state index in [4.69, 9.17) is 5.48 Å². The van der Waals surface area contributed by atoms with Crippen LogP contribution in [0, 0.1) is 0 Å². The first-order valence-corrected chi connectivity index (χ1v) is 3.74. The van der Waals surface area contributed by atoms with Gasteiger partial charge in [-0.3, -0.25) is 0 Å². The average Bonchev–Trinajstić information content (AvgIpc) is 2.32. The van der Waals surface area contributed by atoms with E-state index in [-0.39, 0.29) is 24.2 Å². The van der Waals surface area contributed by atoms with Crippen molar-refractivity contribution in [2.75, 3.05) is 0 Å². The lowest BCUT2D eigenvalue weighted by molar-refractivity contribution is 1.62. The molecule has 0 saturated heterocycles. The summed E-state index contributed by atoms with van der Waals surface area (Å²) in [6.07, 6.45) is 0. The van der Waals surface area contributed by atoms with Gasteiger partial charge >= 0.3 is 0 Å². The van der Waals surface area contributed by atoms with Crippen molar-refractivity contribution in [1.82, 2.24) is 0 Å². The highest BCUT2D eigenvalue weighted by Gasteiger charge is 1.91. The number of benzene rings is 2. The first-order valence-electron chi connectivity index (χ1n) is 5.74. The third-order valence-electron chi connectivity index (χ3n) is 1.63. The van der Waals surface area contributed by atoms with Gasteiger partial charge in [0.2, 0.25) is 0 Å². The summed E-state index contributed by atoms with van der Waals surface area (Å²) in [4.78, 5) is 0. The van der Waals surface area contributed by atoms with Crippen molar-refractivity contribution in [3.8, 4) is 11.1 Å². The summed E-state index contributed by atoms with van der Waals surface area (Å²) in [5.41, 5.74) is 1.33. The summed E-state index contributed by atoms with van der Waals surface area (Å²) in [7, 11) is 0. The Morgan fingerprint density at radius 3 is 2.42 bits per heavy atom. The first-order chi connectivity index (χ1) is 7.61. The van der Waals surface area contributed by atoms with Crippen LogP contribution in [-0.2, 0) is 0 Å². The maximum absolute atomic E-state index is 7.78. The maximum atomic E-state index is 7.78. The Kier molecular flexibility index (Phi) is 1.05. The van der Waals surface area contributed by atoms with Crippen LogP contribution in [0.3, 0.4) is 0 Å². The van der Waals surface area contributed by atoms with E-state index in [1.807, 2.05) is 30.3 Å². The third-order valence-corrected chi connectivity index (χ3v) is 1.63. The zero-order valence-electron chi connectivity index (χ0n) is 10.5. The quantitative estimate of drug-likeness (QED) is 0.597. The Hall–Kier alpha value is -1.56. The SMILES string of the molecule is [2H]c1cc(-c2ccccc2)c([2H])c([2H])c1[2H]. The number of rotatable bonds is 1. The largest absolute Gasteiger partial charge is 0.0629 e. The Labute approximate surface area is 78.1 Å². The van der Waals surface area contributed by atoms with Gasteiger partial charge in [-0.15, -0.1) is 0 Å². The van der Waals surface area contributed by atoms with Crippen molar-refractivity contribution in [3.05, 3.63) is 60.6 Å². The summed E-state index contributed by atoms with van der Waals surface area (Å²) >= 11 is 0. The van der Waals surface area contributed by atoms with Crippen molar-refractivity contribution >= 4 is 0 Å². The molecule has 0 radical (unpaired) electrons. The highest BCUT2D eigenvalue weighted by atomic mass is 14.0. The van der Waals surface area contributed by atoms with Crippen LogP contribution in [0.15, 0.2) is 60.6 Å². The number of hydrogen-bond donors (Lipinski definition) is 0. The van der Waals surface area contributed by atoms with Gasteiger partial charge in [-0.1, -0.05) is 60.6 Å². The van der Waals surface area contributed by atoms with E-state index < -0.39 is 0 Å². The van der Waals surface area contributed by atoms with Crippen LogP contribution in [-0.4, -0.2) is 0 Å². The summed E-state index contributed by atoms with van der Waals surface area (Å²) in [5.74, 6) is 0. The molecule has 0 heteroatoms. The van der Waals surface area contributed by atoms with Crippen molar-refractivity contribution in [2.45, 2.75) is 0 Å². The molecule has 0 saturated carbocycles.